The van der Waals surface area contributed by atoms with Gasteiger partial charge in [0.05, 0.1) is 11.0 Å². The van der Waals surface area contributed by atoms with Crippen molar-refractivity contribution < 1.29 is 13.2 Å². The minimum atomic E-state index is -4.73. The lowest BCUT2D eigenvalue weighted by molar-refractivity contribution is -0.142. The summed E-state index contributed by atoms with van der Waals surface area (Å²) in [4.78, 5) is 15.1. The predicted molar refractivity (Wildman–Crippen MR) is 61.5 cm³/mol. The van der Waals surface area contributed by atoms with Gasteiger partial charge in [0.2, 0.25) is 5.69 Å². The Morgan fingerprint density at radius 2 is 1.72 bits per heavy atom. The highest BCUT2D eigenvalue weighted by molar-refractivity contribution is 5.76. The lowest BCUT2D eigenvalue weighted by Crippen LogP contribution is -2.29. The van der Waals surface area contributed by atoms with Crippen molar-refractivity contribution in [2.45, 2.75) is 20.0 Å². The maximum Gasteiger partial charge on any atom is 0.438 e. The van der Waals surface area contributed by atoms with Gasteiger partial charge < -0.3 is 4.57 Å². The minimum absolute atomic E-state index is 0.174. The van der Waals surface area contributed by atoms with Gasteiger partial charge in [0, 0.05) is 7.05 Å². The molecule has 18 heavy (non-hydrogen) atoms. The normalized spacial score (nSPS) is 12.1. The monoisotopic (exact) mass is 256 g/mol. The molecule has 0 aliphatic heterocycles. The van der Waals surface area contributed by atoms with Crippen molar-refractivity contribution in [2.24, 2.45) is 7.05 Å². The van der Waals surface area contributed by atoms with Crippen LogP contribution in [0.15, 0.2) is 16.9 Å². The van der Waals surface area contributed by atoms with Crippen LogP contribution < -0.4 is 5.56 Å². The maximum absolute atomic E-state index is 12.7. The molecule has 0 saturated carbocycles. The SMILES string of the molecule is Cc1cc2nc(C(F)(F)F)c(=O)n(C)c2cc1C. The summed E-state index contributed by atoms with van der Waals surface area (Å²) >= 11 is 0. The van der Waals surface area contributed by atoms with Crippen LogP contribution in [-0.4, -0.2) is 9.55 Å². The van der Waals surface area contributed by atoms with Gasteiger partial charge in [0.15, 0.2) is 0 Å². The average molecular weight is 256 g/mol. The molecule has 2 aromatic rings. The summed E-state index contributed by atoms with van der Waals surface area (Å²) in [5, 5.41) is 0. The van der Waals surface area contributed by atoms with Gasteiger partial charge in [-0.15, -0.1) is 0 Å². The molecule has 0 atom stereocenters. The zero-order valence-electron chi connectivity index (χ0n) is 10.1. The van der Waals surface area contributed by atoms with Gasteiger partial charge in [0.1, 0.15) is 0 Å². The van der Waals surface area contributed by atoms with E-state index in [9.17, 15) is 18.0 Å². The van der Waals surface area contributed by atoms with Crippen LogP contribution in [0.5, 0.6) is 0 Å². The highest BCUT2D eigenvalue weighted by atomic mass is 19.4. The van der Waals surface area contributed by atoms with Gasteiger partial charge in [-0.1, -0.05) is 0 Å². The van der Waals surface area contributed by atoms with Gasteiger partial charge >= 0.3 is 6.18 Å². The topological polar surface area (TPSA) is 34.9 Å². The molecular formula is C12H11F3N2O. The number of halogens is 3. The van der Waals surface area contributed by atoms with Crippen LogP contribution in [0.25, 0.3) is 11.0 Å². The third kappa shape index (κ3) is 1.87. The Hall–Kier alpha value is -1.85. The van der Waals surface area contributed by atoms with Gasteiger partial charge in [-0.05, 0) is 37.1 Å². The van der Waals surface area contributed by atoms with Gasteiger partial charge in [-0.2, -0.15) is 13.2 Å². The summed E-state index contributed by atoms with van der Waals surface area (Å²) in [6.45, 7) is 3.62. The van der Waals surface area contributed by atoms with Crippen LogP contribution in [0.4, 0.5) is 13.2 Å². The molecule has 1 aromatic carbocycles. The molecule has 0 N–H and O–H groups in total. The number of rotatable bonds is 0. The van der Waals surface area contributed by atoms with Gasteiger partial charge in [0.25, 0.3) is 5.56 Å². The second kappa shape index (κ2) is 3.83. The first-order valence-electron chi connectivity index (χ1n) is 5.27. The molecule has 0 amide bonds. The number of alkyl halides is 3. The van der Waals surface area contributed by atoms with E-state index in [0.717, 1.165) is 15.7 Å². The molecule has 0 bridgehead atoms. The minimum Gasteiger partial charge on any atom is -0.308 e. The molecule has 3 nitrogen and oxygen atoms in total. The molecule has 2 rings (SSSR count). The Kier molecular flexibility index (Phi) is 2.68. The number of aromatic nitrogens is 2. The van der Waals surface area contributed by atoms with Gasteiger partial charge in [-0.25, -0.2) is 4.98 Å². The summed E-state index contributed by atoms with van der Waals surface area (Å²) in [5.41, 5.74) is -0.191. The fourth-order valence-electron chi connectivity index (χ4n) is 1.77. The molecule has 0 unspecified atom stereocenters. The number of fused-ring (bicyclic) bond motifs is 1. The van der Waals surface area contributed by atoms with E-state index in [1.807, 2.05) is 6.92 Å². The van der Waals surface area contributed by atoms with E-state index in [2.05, 4.69) is 4.98 Å². The second-order valence-corrected chi connectivity index (χ2v) is 4.25. The van der Waals surface area contributed by atoms with Crippen LogP contribution in [-0.2, 0) is 13.2 Å². The van der Waals surface area contributed by atoms with Crippen LogP contribution in [0.2, 0.25) is 0 Å². The van der Waals surface area contributed by atoms with Crippen molar-refractivity contribution in [1.29, 1.82) is 0 Å². The zero-order valence-corrected chi connectivity index (χ0v) is 10.1. The molecule has 0 spiro atoms. The van der Waals surface area contributed by atoms with E-state index in [-0.39, 0.29) is 5.52 Å². The van der Waals surface area contributed by atoms with Crippen LogP contribution in [0.1, 0.15) is 16.8 Å². The summed E-state index contributed by atoms with van der Waals surface area (Å²) in [6.07, 6.45) is -4.73. The second-order valence-electron chi connectivity index (χ2n) is 4.25. The third-order valence-electron chi connectivity index (χ3n) is 2.96. The first-order chi connectivity index (χ1) is 8.21. The summed E-state index contributed by atoms with van der Waals surface area (Å²) in [5.74, 6) is 0. The van der Waals surface area contributed by atoms with Crippen molar-refractivity contribution in [3.63, 3.8) is 0 Å². The smallest absolute Gasteiger partial charge is 0.308 e. The quantitative estimate of drug-likeness (QED) is 0.726. The highest BCUT2D eigenvalue weighted by Crippen LogP contribution is 2.26. The maximum atomic E-state index is 12.7. The molecule has 0 aliphatic rings. The standard InChI is InChI=1S/C12H11F3N2O/c1-6-4-8-9(5-7(6)2)17(3)11(18)10(16-8)12(13,14)15/h4-5H,1-3H3. The molecule has 1 aromatic heterocycles. The first kappa shape index (κ1) is 12.6. The molecule has 0 radical (unpaired) electrons. The number of aryl methyl sites for hydroxylation is 3. The Morgan fingerprint density at radius 1 is 1.17 bits per heavy atom. The molecule has 0 fully saturated rings. The van der Waals surface area contributed by atoms with Crippen molar-refractivity contribution in [3.8, 4) is 0 Å². The third-order valence-corrected chi connectivity index (χ3v) is 2.96. The van der Waals surface area contributed by atoms with Crippen LogP contribution >= 0.6 is 0 Å². The fourth-order valence-corrected chi connectivity index (χ4v) is 1.77. The van der Waals surface area contributed by atoms with E-state index < -0.39 is 17.4 Å². The fraction of sp³-hybridized carbons (Fsp3) is 0.333. The molecule has 1 heterocycles. The number of hydrogen-bond donors (Lipinski definition) is 0. The van der Waals surface area contributed by atoms with E-state index in [4.69, 9.17) is 0 Å². The molecule has 0 saturated heterocycles. The lowest BCUT2D eigenvalue weighted by Gasteiger charge is -2.11. The van der Waals surface area contributed by atoms with Crippen molar-refractivity contribution in [2.75, 3.05) is 0 Å². The molecule has 0 aliphatic carbocycles. The highest BCUT2D eigenvalue weighted by Gasteiger charge is 2.37. The predicted octanol–water partition coefficient (Wildman–Crippen LogP) is 2.57. The Labute approximate surface area is 101 Å². The molecular weight excluding hydrogens is 245 g/mol. The Balaban J connectivity index is 2.93. The summed E-state index contributed by atoms with van der Waals surface area (Å²) < 4.78 is 39.0. The number of hydrogen-bond acceptors (Lipinski definition) is 2. The van der Waals surface area contributed by atoms with Crippen molar-refractivity contribution in [3.05, 3.63) is 39.3 Å². The average Bonchev–Trinajstić information content (AvgIpc) is 2.25. The summed E-state index contributed by atoms with van der Waals surface area (Å²) in [6, 6.07) is 3.22. The molecule has 6 heteroatoms. The summed E-state index contributed by atoms with van der Waals surface area (Å²) in [7, 11) is 1.32. The Morgan fingerprint density at radius 3 is 2.28 bits per heavy atom. The van der Waals surface area contributed by atoms with E-state index in [1.54, 1.807) is 19.1 Å². The Bertz CT molecular complexity index is 686. The lowest BCUT2D eigenvalue weighted by atomic mass is 10.1. The van der Waals surface area contributed by atoms with Crippen molar-refractivity contribution >= 4 is 11.0 Å². The van der Waals surface area contributed by atoms with E-state index >= 15 is 0 Å². The molecule has 96 valence electrons. The largest absolute Gasteiger partial charge is 0.438 e. The van der Waals surface area contributed by atoms with Crippen LogP contribution in [0, 0.1) is 13.8 Å². The zero-order chi connectivity index (χ0) is 13.7. The van der Waals surface area contributed by atoms with Crippen molar-refractivity contribution in [1.82, 2.24) is 9.55 Å². The number of benzene rings is 1. The number of nitrogens with zero attached hydrogens (tertiary/aromatic N) is 2. The van der Waals surface area contributed by atoms with Gasteiger partial charge in [-0.3, -0.25) is 4.79 Å². The van der Waals surface area contributed by atoms with E-state index in [0.29, 0.717) is 5.52 Å². The van der Waals surface area contributed by atoms with E-state index in [1.165, 1.54) is 7.05 Å². The van der Waals surface area contributed by atoms with Crippen LogP contribution in [0.3, 0.4) is 0 Å². The first-order valence-corrected chi connectivity index (χ1v) is 5.27.